The number of nitriles is 1. The summed E-state index contributed by atoms with van der Waals surface area (Å²) in [5.74, 6) is 0. The summed E-state index contributed by atoms with van der Waals surface area (Å²) < 4.78 is 0. The zero-order chi connectivity index (χ0) is 14.6. The van der Waals surface area contributed by atoms with Crippen molar-refractivity contribution in [2.75, 3.05) is 5.32 Å². The average molecular weight is 312 g/mol. The summed E-state index contributed by atoms with van der Waals surface area (Å²) in [4.78, 5) is 12.0. The van der Waals surface area contributed by atoms with Crippen LogP contribution in [0.4, 0.5) is 10.5 Å². The van der Waals surface area contributed by atoms with Crippen LogP contribution in [0.25, 0.3) is 0 Å². The van der Waals surface area contributed by atoms with Crippen LogP contribution in [0.5, 0.6) is 0 Å². The first kappa shape index (κ1) is 15.0. The molecule has 2 rings (SSSR count). The van der Waals surface area contributed by atoms with E-state index in [1.165, 1.54) is 0 Å². The number of carbonyl (C=O) groups excluding carboxylic acids is 1. The van der Waals surface area contributed by atoms with Crippen molar-refractivity contribution < 1.29 is 4.79 Å². The van der Waals surface area contributed by atoms with Gasteiger partial charge < -0.3 is 10.6 Å². The first-order chi connectivity index (χ1) is 9.54. The quantitative estimate of drug-likeness (QED) is 0.853. The van der Waals surface area contributed by atoms with Crippen LogP contribution < -0.4 is 10.6 Å². The zero-order valence-electron chi connectivity index (χ0n) is 10.9. The maximum atomic E-state index is 12.0. The second-order valence-electron chi connectivity index (χ2n) is 4.96. The molecular formula is C14H15Cl2N3O. The van der Waals surface area contributed by atoms with Crippen LogP contribution in [0.15, 0.2) is 18.2 Å². The maximum Gasteiger partial charge on any atom is 0.320 e. The lowest BCUT2D eigenvalue weighted by molar-refractivity contribution is 0.233. The summed E-state index contributed by atoms with van der Waals surface area (Å²) >= 11 is 11.7. The van der Waals surface area contributed by atoms with Gasteiger partial charge in [-0.1, -0.05) is 42.5 Å². The summed E-state index contributed by atoms with van der Waals surface area (Å²) in [7, 11) is 0. The van der Waals surface area contributed by atoms with Crippen LogP contribution in [0, 0.1) is 11.3 Å². The minimum absolute atomic E-state index is 0.372. The Labute approximate surface area is 128 Å². The molecule has 0 saturated heterocycles. The third-order valence-electron chi connectivity index (χ3n) is 3.45. The number of halogens is 2. The topological polar surface area (TPSA) is 64.9 Å². The van der Waals surface area contributed by atoms with Crippen molar-refractivity contribution in [2.24, 2.45) is 0 Å². The highest BCUT2D eigenvalue weighted by Crippen LogP contribution is 2.28. The van der Waals surface area contributed by atoms with Gasteiger partial charge in [-0.05, 0) is 31.0 Å². The molecule has 1 aliphatic carbocycles. The van der Waals surface area contributed by atoms with Crippen LogP contribution in [0.1, 0.15) is 32.1 Å². The van der Waals surface area contributed by atoms with Gasteiger partial charge in [0, 0.05) is 5.69 Å². The normalized spacial score (nSPS) is 17.1. The summed E-state index contributed by atoms with van der Waals surface area (Å²) in [6.45, 7) is 0. The van der Waals surface area contributed by atoms with E-state index < -0.39 is 11.6 Å². The Morgan fingerprint density at radius 1 is 1.20 bits per heavy atom. The number of carbonyl (C=O) groups is 1. The lowest BCUT2D eigenvalue weighted by Gasteiger charge is -2.31. The van der Waals surface area contributed by atoms with Crippen molar-refractivity contribution in [1.29, 1.82) is 5.26 Å². The van der Waals surface area contributed by atoms with Gasteiger partial charge in [0.05, 0.1) is 16.1 Å². The van der Waals surface area contributed by atoms with Gasteiger partial charge in [0.1, 0.15) is 5.54 Å². The molecule has 0 heterocycles. The summed E-state index contributed by atoms with van der Waals surface area (Å²) in [5, 5.41) is 15.6. The fourth-order valence-electron chi connectivity index (χ4n) is 2.37. The molecule has 2 N–H and O–H groups in total. The van der Waals surface area contributed by atoms with Gasteiger partial charge in [0.2, 0.25) is 0 Å². The predicted octanol–water partition coefficient (Wildman–Crippen LogP) is 4.34. The van der Waals surface area contributed by atoms with Crippen molar-refractivity contribution >= 4 is 34.9 Å². The minimum Gasteiger partial charge on any atom is -0.319 e. The molecule has 0 aliphatic heterocycles. The highest BCUT2D eigenvalue weighted by Gasteiger charge is 2.33. The van der Waals surface area contributed by atoms with E-state index in [9.17, 15) is 10.1 Å². The number of nitrogens with one attached hydrogen (secondary N) is 2. The van der Waals surface area contributed by atoms with Crippen molar-refractivity contribution in [2.45, 2.75) is 37.6 Å². The number of hydrogen-bond acceptors (Lipinski definition) is 2. The van der Waals surface area contributed by atoms with Crippen LogP contribution in [0.2, 0.25) is 10.0 Å². The second-order valence-corrected chi connectivity index (χ2v) is 5.78. The van der Waals surface area contributed by atoms with Crippen LogP contribution in [-0.4, -0.2) is 11.6 Å². The number of anilines is 1. The SMILES string of the molecule is N#CC1(NC(=O)Nc2ccc(Cl)c(Cl)c2)CCCCC1. The Bertz CT molecular complexity index is 548. The van der Waals surface area contributed by atoms with Crippen molar-refractivity contribution in [3.05, 3.63) is 28.2 Å². The highest BCUT2D eigenvalue weighted by atomic mass is 35.5. The molecular weight excluding hydrogens is 297 g/mol. The van der Waals surface area contributed by atoms with E-state index in [1.807, 2.05) is 0 Å². The molecule has 4 nitrogen and oxygen atoms in total. The van der Waals surface area contributed by atoms with E-state index in [2.05, 4.69) is 16.7 Å². The molecule has 0 spiro atoms. The Hall–Kier alpha value is -1.44. The molecule has 106 valence electrons. The van der Waals surface area contributed by atoms with Crippen LogP contribution in [0.3, 0.4) is 0 Å². The fraction of sp³-hybridized carbons (Fsp3) is 0.429. The molecule has 0 bridgehead atoms. The highest BCUT2D eigenvalue weighted by molar-refractivity contribution is 6.42. The van der Waals surface area contributed by atoms with E-state index in [0.29, 0.717) is 28.6 Å². The van der Waals surface area contributed by atoms with E-state index in [1.54, 1.807) is 18.2 Å². The standard InChI is InChI=1S/C14H15Cl2N3O/c15-11-5-4-10(8-12(11)16)18-13(20)19-14(9-17)6-2-1-3-7-14/h4-5,8H,1-3,6-7H2,(H2,18,19,20). The molecule has 20 heavy (non-hydrogen) atoms. The second kappa shape index (κ2) is 6.34. The molecule has 2 amide bonds. The Morgan fingerprint density at radius 3 is 2.50 bits per heavy atom. The molecule has 1 fully saturated rings. The molecule has 0 aromatic heterocycles. The van der Waals surface area contributed by atoms with E-state index in [4.69, 9.17) is 23.2 Å². The fourth-order valence-corrected chi connectivity index (χ4v) is 2.67. The largest absolute Gasteiger partial charge is 0.320 e. The molecule has 0 radical (unpaired) electrons. The molecule has 1 saturated carbocycles. The average Bonchev–Trinajstić information content (AvgIpc) is 2.44. The first-order valence-corrected chi connectivity index (χ1v) is 7.26. The van der Waals surface area contributed by atoms with Crippen LogP contribution in [-0.2, 0) is 0 Å². The molecule has 1 aromatic carbocycles. The van der Waals surface area contributed by atoms with Gasteiger partial charge in [-0.3, -0.25) is 0 Å². The smallest absolute Gasteiger partial charge is 0.319 e. The predicted molar refractivity (Wildman–Crippen MR) is 80.0 cm³/mol. The van der Waals surface area contributed by atoms with Gasteiger partial charge >= 0.3 is 6.03 Å². The number of nitrogens with zero attached hydrogens (tertiary/aromatic N) is 1. The third-order valence-corrected chi connectivity index (χ3v) is 4.19. The van der Waals surface area contributed by atoms with Crippen molar-refractivity contribution in [3.8, 4) is 6.07 Å². The van der Waals surface area contributed by atoms with Gasteiger partial charge in [0.25, 0.3) is 0 Å². The summed E-state index contributed by atoms with van der Waals surface area (Å²) in [6.07, 6.45) is 4.41. The van der Waals surface area contributed by atoms with Crippen LogP contribution >= 0.6 is 23.2 Å². The Kier molecular flexibility index (Phi) is 4.74. The minimum atomic E-state index is -0.751. The molecule has 6 heteroatoms. The molecule has 0 unspecified atom stereocenters. The van der Waals surface area contributed by atoms with Gasteiger partial charge in [-0.15, -0.1) is 0 Å². The zero-order valence-corrected chi connectivity index (χ0v) is 12.4. The summed E-state index contributed by atoms with van der Waals surface area (Å²) in [6, 6.07) is 6.68. The Balaban J connectivity index is 2.01. The number of hydrogen-bond donors (Lipinski definition) is 2. The van der Waals surface area contributed by atoms with Crippen molar-refractivity contribution in [1.82, 2.24) is 5.32 Å². The summed E-state index contributed by atoms with van der Waals surface area (Å²) in [5.41, 5.74) is -0.209. The molecule has 1 aliphatic rings. The van der Waals surface area contributed by atoms with E-state index >= 15 is 0 Å². The first-order valence-electron chi connectivity index (χ1n) is 6.50. The number of benzene rings is 1. The number of rotatable bonds is 2. The molecule has 0 atom stereocenters. The van der Waals surface area contributed by atoms with E-state index in [0.717, 1.165) is 19.3 Å². The Morgan fingerprint density at radius 2 is 1.90 bits per heavy atom. The number of amides is 2. The van der Waals surface area contributed by atoms with Gasteiger partial charge in [-0.2, -0.15) is 5.26 Å². The monoisotopic (exact) mass is 311 g/mol. The lowest BCUT2D eigenvalue weighted by Crippen LogP contribution is -2.50. The van der Waals surface area contributed by atoms with Gasteiger partial charge in [-0.25, -0.2) is 4.79 Å². The van der Waals surface area contributed by atoms with E-state index in [-0.39, 0.29) is 0 Å². The lowest BCUT2D eigenvalue weighted by atomic mass is 9.83. The van der Waals surface area contributed by atoms with Crippen molar-refractivity contribution in [3.63, 3.8) is 0 Å². The van der Waals surface area contributed by atoms with Gasteiger partial charge in [0.15, 0.2) is 0 Å². The maximum absolute atomic E-state index is 12.0. The number of urea groups is 1. The third kappa shape index (κ3) is 3.56. The molecule has 1 aromatic rings.